The Labute approximate surface area is 71.2 Å². The lowest BCUT2D eigenvalue weighted by Gasteiger charge is -2.04. The highest BCUT2D eigenvalue weighted by atomic mass is 16.5. The first-order chi connectivity index (χ1) is 6.42. The van der Waals surface area contributed by atoms with E-state index in [-0.39, 0.29) is 0 Å². The molecule has 1 rings (SSSR count). The molecule has 2 N–H and O–H groups in total. The van der Waals surface area contributed by atoms with Gasteiger partial charge >= 0.3 is 0 Å². The maximum Gasteiger partial charge on any atom is 0.119 e. The van der Waals surface area contributed by atoms with Crippen LogP contribution < -0.4 is 10.5 Å². The van der Waals surface area contributed by atoms with E-state index in [2.05, 4.69) is 0 Å². The van der Waals surface area contributed by atoms with Gasteiger partial charge in [-0.15, -0.1) is 0 Å². The summed E-state index contributed by atoms with van der Waals surface area (Å²) in [4.78, 5) is 0. The molecular weight excluding hydrogens is 138 g/mol. The normalized spacial score (nSPS) is 14.9. The van der Waals surface area contributed by atoms with Gasteiger partial charge in [0, 0.05) is 6.54 Å². The average Bonchev–Trinajstić information content (AvgIpc) is 2.01. The van der Waals surface area contributed by atoms with Gasteiger partial charge in [-0.25, -0.2) is 0 Å². The lowest BCUT2D eigenvalue weighted by atomic mass is 10.1. The topological polar surface area (TPSA) is 35.2 Å². The van der Waals surface area contributed by atoms with E-state index in [9.17, 15) is 0 Å². The van der Waals surface area contributed by atoms with E-state index in [1.165, 1.54) is 0 Å². The molecule has 11 heavy (non-hydrogen) atoms. The van der Waals surface area contributed by atoms with E-state index in [0.717, 1.165) is 11.1 Å². The van der Waals surface area contributed by atoms with Gasteiger partial charge in [-0.1, -0.05) is 6.07 Å². The van der Waals surface area contributed by atoms with Crippen molar-refractivity contribution in [1.29, 1.82) is 0 Å². The number of hydrogen-bond donors (Lipinski definition) is 1. The highest BCUT2D eigenvalue weighted by Gasteiger charge is 1.96. The molecular formula is C9H13NO. The second kappa shape index (κ2) is 3.39. The van der Waals surface area contributed by atoms with Crippen LogP contribution >= 0.6 is 0 Å². The van der Waals surface area contributed by atoms with Crippen LogP contribution in [0.15, 0.2) is 18.2 Å². The van der Waals surface area contributed by atoms with Crippen molar-refractivity contribution in [3.63, 3.8) is 0 Å². The van der Waals surface area contributed by atoms with Gasteiger partial charge in [0.1, 0.15) is 5.75 Å². The van der Waals surface area contributed by atoms with Crippen LogP contribution in [0.3, 0.4) is 0 Å². The van der Waals surface area contributed by atoms with Gasteiger partial charge in [-0.05, 0) is 30.2 Å². The summed E-state index contributed by atoms with van der Waals surface area (Å²) < 4.78 is 25.5. The largest absolute Gasteiger partial charge is 0.497 e. The van der Waals surface area contributed by atoms with Crippen LogP contribution in [0, 0.1) is 6.92 Å². The number of benzene rings is 1. The fourth-order valence-electron chi connectivity index (χ4n) is 0.961. The molecule has 1 aromatic carbocycles. The van der Waals surface area contributed by atoms with Gasteiger partial charge in [0.2, 0.25) is 0 Å². The Kier molecular flexibility index (Phi) is 1.47. The molecule has 0 aromatic heterocycles. The highest BCUT2D eigenvalue weighted by Crippen LogP contribution is 2.15. The zero-order chi connectivity index (χ0) is 10.8. The first-order valence-corrected chi connectivity index (χ1v) is 3.41. The Morgan fingerprint density at radius 1 is 1.64 bits per heavy atom. The Morgan fingerprint density at radius 3 is 3.00 bits per heavy atom. The summed E-state index contributed by atoms with van der Waals surface area (Å²) in [5, 5.41) is 0. The molecule has 0 aliphatic heterocycles. The number of aryl methyl sites for hydroxylation is 1. The summed E-state index contributed by atoms with van der Waals surface area (Å²) in [7, 11) is -2.39. The van der Waals surface area contributed by atoms with E-state index >= 15 is 0 Å². The van der Waals surface area contributed by atoms with Gasteiger partial charge in [0.15, 0.2) is 0 Å². The van der Waals surface area contributed by atoms with E-state index in [1.54, 1.807) is 18.2 Å². The molecule has 0 atom stereocenters. The Bertz CT molecular complexity index is 322. The molecule has 60 valence electrons. The number of nitrogens with two attached hydrogens (primary N) is 1. The fourth-order valence-corrected chi connectivity index (χ4v) is 0.961. The molecule has 0 heterocycles. The van der Waals surface area contributed by atoms with Gasteiger partial charge in [0.05, 0.1) is 11.2 Å². The summed E-state index contributed by atoms with van der Waals surface area (Å²) in [6.07, 6.45) is 0. The van der Waals surface area contributed by atoms with Crippen LogP contribution in [0.2, 0.25) is 0 Å². The minimum Gasteiger partial charge on any atom is -0.497 e. The maximum absolute atomic E-state index is 6.92. The summed E-state index contributed by atoms with van der Waals surface area (Å²) in [6, 6.07) is 5.06. The smallest absolute Gasteiger partial charge is 0.119 e. The van der Waals surface area contributed by atoms with Crippen LogP contribution in [0.25, 0.3) is 0 Å². The summed E-state index contributed by atoms with van der Waals surface area (Å²) >= 11 is 0. The molecule has 0 spiro atoms. The third-order valence-corrected chi connectivity index (χ3v) is 1.65. The maximum atomic E-state index is 6.92. The lowest BCUT2D eigenvalue weighted by molar-refractivity contribution is 0.414. The molecule has 0 amide bonds. The van der Waals surface area contributed by atoms with Crippen molar-refractivity contribution in [2.45, 2.75) is 13.5 Å². The van der Waals surface area contributed by atoms with Gasteiger partial charge < -0.3 is 10.5 Å². The molecule has 1 aromatic rings. The third-order valence-electron chi connectivity index (χ3n) is 1.65. The Hall–Kier alpha value is -1.02. The first kappa shape index (κ1) is 4.78. The van der Waals surface area contributed by atoms with Crippen molar-refractivity contribution in [3.8, 4) is 5.75 Å². The SMILES string of the molecule is [2H]C([2H])([2H])Oc1ccc(CN)c(C)c1. The summed E-state index contributed by atoms with van der Waals surface area (Å²) in [5.41, 5.74) is 7.40. The first-order valence-electron chi connectivity index (χ1n) is 4.91. The number of rotatable bonds is 2. The average molecular weight is 154 g/mol. The predicted molar refractivity (Wildman–Crippen MR) is 45.6 cm³/mol. The molecule has 0 radical (unpaired) electrons. The van der Waals surface area contributed by atoms with E-state index in [1.807, 2.05) is 6.92 Å². The summed E-state index contributed by atoms with van der Waals surface area (Å²) in [5.74, 6) is 0.347. The van der Waals surface area contributed by atoms with Crippen molar-refractivity contribution in [2.24, 2.45) is 5.73 Å². The zero-order valence-electron chi connectivity index (χ0n) is 9.42. The van der Waals surface area contributed by atoms with Crippen molar-refractivity contribution in [3.05, 3.63) is 29.3 Å². The van der Waals surface area contributed by atoms with Crippen molar-refractivity contribution in [1.82, 2.24) is 0 Å². The lowest BCUT2D eigenvalue weighted by Crippen LogP contribution is -1.98. The molecule has 0 bridgehead atoms. The standard InChI is InChI=1S/C9H13NO/c1-7-5-9(11-2)4-3-8(7)6-10/h3-5H,6,10H2,1-2H3/i2D3. The van der Waals surface area contributed by atoms with E-state index in [4.69, 9.17) is 14.6 Å². The number of ether oxygens (including phenoxy) is 1. The third kappa shape index (κ3) is 1.71. The van der Waals surface area contributed by atoms with Crippen LogP contribution in [0.5, 0.6) is 5.75 Å². The molecule has 0 saturated carbocycles. The van der Waals surface area contributed by atoms with Crippen molar-refractivity contribution in [2.75, 3.05) is 7.04 Å². The minimum absolute atomic E-state index is 0.347. The predicted octanol–water partition coefficient (Wildman–Crippen LogP) is 1.46. The quantitative estimate of drug-likeness (QED) is 0.700. The second-order valence-corrected chi connectivity index (χ2v) is 2.39. The van der Waals surface area contributed by atoms with Crippen LogP contribution in [-0.2, 0) is 6.54 Å². The molecule has 0 unspecified atom stereocenters. The zero-order valence-corrected chi connectivity index (χ0v) is 6.42. The molecule has 0 aliphatic rings. The monoisotopic (exact) mass is 154 g/mol. The van der Waals surface area contributed by atoms with E-state index in [0.29, 0.717) is 12.3 Å². The van der Waals surface area contributed by atoms with Crippen LogP contribution in [-0.4, -0.2) is 7.04 Å². The van der Waals surface area contributed by atoms with Gasteiger partial charge in [0.25, 0.3) is 0 Å². The minimum atomic E-state index is -2.39. The summed E-state index contributed by atoms with van der Waals surface area (Å²) in [6.45, 7) is 2.31. The number of methoxy groups -OCH3 is 1. The molecule has 0 aliphatic carbocycles. The van der Waals surface area contributed by atoms with Crippen LogP contribution in [0.1, 0.15) is 15.2 Å². The van der Waals surface area contributed by atoms with E-state index < -0.39 is 7.04 Å². The molecule has 2 heteroatoms. The van der Waals surface area contributed by atoms with Crippen LogP contribution in [0.4, 0.5) is 0 Å². The van der Waals surface area contributed by atoms with Crippen molar-refractivity contribution < 1.29 is 8.85 Å². The Morgan fingerprint density at radius 2 is 2.45 bits per heavy atom. The molecule has 2 nitrogen and oxygen atoms in total. The van der Waals surface area contributed by atoms with Gasteiger partial charge in [-0.2, -0.15) is 0 Å². The highest BCUT2D eigenvalue weighted by molar-refractivity contribution is 5.34. The number of hydrogen-bond acceptors (Lipinski definition) is 2. The van der Waals surface area contributed by atoms with Crippen molar-refractivity contribution >= 4 is 0 Å². The Balaban J connectivity index is 2.87. The molecule has 0 saturated heterocycles. The van der Waals surface area contributed by atoms with Gasteiger partial charge in [-0.3, -0.25) is 0 Å². The molecule has 0 fully saturated rings. The second-order valence-electron chi connectivity index (χ2n) is 2.39. The fraction of sp³-hybridized carbons (Fsp3) is 0.333.